The molecular weight excluding hydrogens is 190 g/mol. The highest BCUT2D eigenvalue weighted by Gasteiger charge is 2.17. The van der Waals surface area contributed by atoms with E-state index in [-0.39, 0.29) is 6.04 Å². The van der Waals surface area contributed by atoms with E-state index >= 15 is 0 Å². The molecule has 0 aliphatic carbocycles. The van der Waals surface area contributed by atoms with Gasteiger partial charge in [0.15, 0.2) is 0 Å². The molecule has 0 fully saturated rings. The summed E-state index contributed by atoms with van der Waals surface area (Å²) in [7, 11) is 3.55. The summed E-state index contributed by atoms with van der Waals surface area (Å²) in [5.74, 6) is 1.21. The minimum atomic E-state index is 0.202. The smallest absolute Gasteiger partial charge is 0.236 e. The van der Waals surface area contributed by atoms with Crippen molar-refractivity contribution in [2.75, 3.05) is 14.2 Å². The highest BCUT2D eigenvalue weighted by atomic mass is 16.5. The van der Waals surface area contributed by atoms with Crippen molar-refractivity contribution in [3.8, 4) is 5.88 Å². The Hall–Kier alpha value is -1.16. The normalized spacial score (nSPS) is 12.9. The third-order valence-corrected chi connectivity index (χ3v) is 2.27. The molecule has 0 bridgehead atoms. The summed E-state index contributed by atoms with van der Waals surface area (Å²) in [4.78, 5) is 8.47. The van der Waals surface area contributed by atoms with Crippen molar-refractivity contribution < 1.29 is 4.74 Å². The van der Waals surface area contributed by atoms with Crippen LogP contribution < -0.4 is 10.1 Å². The first kappa shape index (κ1) is 11.9. The van der Waals surface area contributed by atoms with Gasteiger partial charge in [-0.05, 0) is 19.4 Å². The number of hydrogen-bond donors (Lipinski definition) is 1. The molecule has 0 spiro atoms. The Morgan fingerprint density at radius 1 is 1.33 bits per heavy atom. The van der Waals surface area contributed by atoms with Gasteiger partial charge < -0.3 is 10.1 Å². The molecule has 4 heteroatoms. The second-order valence-electron chi connectivity index (χ2n) is 3.92. The van der Waals surface area contributed by atoms with Gasteiger partial charge in [0, 0.05) is 12.4 Å². The predicted octanol–water partition coefficient (Wildman–Crippen LogP) is 1.79. The maximum atomic E-state index is 5.20. The summed E-state index contributed by atoms with van der Waals surface area (Å²) >= 11 is 0. The molecule has 1 unspecified atom stereocenters. The maximum absolute atomic E-state index is 5.20. The van der Waals surface area contributed by atoms with E-state index in [9.17, 15) is 0 Å². The SMILES string of the molecule is CNC(CC(C)C)c1nccnc1OC. The van der Waals surface area contributed by atoms with Crippen LogP contribution in [0.5, 0.6) is 5.88 Å². The van der Waals surface area contributed by atoms with Gasteiger partial charge in [-0.1, -0.05) is 13.8 Å². The molecule has 84 valence electrons. The third-order valence-electron chi connectivity index (χ3n) is 2.27. The Morgan fingerprint density at radius 3 is 2.53 bits per heavy atom. The average molecular weight is 209 g/mol. The summed E-state index contributed by atoms with van der Waals surface area (Å²) in [6, 6.07) is 0.202. The molecule has 0 aliphatic rings. The van der Waals surface area contributed by atoms with E-state index in [2.05, 4.69) is 29.1 Å². The van der Waals surface area contributed by atoms with E-state index in [0.717, 1.165) is 12.1 Å². The van der Waals surface area contributed by atoms with Crippen LogP contribution in [0.1, 0.15) is 32.0 Å². The number of aromatic nitrogens is 2. The molecule has 1 aromatic rings. The fourth-order valence-electron chi connectivity index (χ4n) is 1.57. The van der Waals surface area contributed by atoms with Crippen molar-refractivity contribution >= 4 is 0 Å². The minimum Gasteiger partial charge on any atom is -0.480 e. The van der Waals surface area contributed by atoms with Gasteiger partial charge in [0.1, 0.15) is 5.69 Å². The number of hydrogen-bond acceptors (Lipinski definition) is 4. The second kappa shape index (κ2) is 5.66. The quantitative estimate of drug-likeness (QED) is 0.803. The Labute approximate surface area is 91.1 Å². The van der Waals surface area contributed by atoms with Crippen LogP contribution in [0.15, 0.2) is 12.4 Å². The third kappa shape index (κ3) is 3.16. The van der Waals surface area contributed by atoms with E-state index in [0.29, 0.717) is 11.8 Å². The fourth-order valence-corrected chi connectivity index (χ4v) is 1.57. The molecular formula is C11H19N3O. The first-order valence-corrected chi connectivity index (χ1v) is 5.21. The van der Waals surface area contributed by atoms with E-state index < -0.39 is 0 Å². The Morgan fingerprint density at radius 2 is 2.00 bits per heavy atom. The summed E-state index contributed by atoms with van der Waals surface area (Å²) in [5.41, 5.74) is 0.885. The van der Waals surface area contributed by atoms with Gasteiger partial charge in [-0.3, -0.25) is 4.98 Å². The topological polar surface area (TPSA) is 47.0 Å². The second-order valence-corrected chi connectivity index (χ2v) is 3.92. The van der Waals surface area contributed by atoms with E-state index in [4.69, 9.17) is 4.74 Å². The lowest BCUT2D eigenvalue weighted by atomic mass is 10.0. The van der Waals surface area contributed by atoms with Gasteiger partial charge in [-0.2, -0.15) is 0 Å². The average Bonchev–Trinajstić information content (AvgIpc) is 2.25. The van der Waals surface area contributed by atoms with Crippen LogP contribution in [0.25, 0.3) is 0 Å². The van der Waals surface area contributed by atoms with Crippen LogP contribution in [0.4, 0.5) is 0 Å². The lowest BCUT2D eigenvalue weighted by Gasteiger charge is -2.18. The van der Waals surface area contributed by atoms with Crippen LogP contribution in [0.2, 0.25) is 0 Å². The molecule has 1 heterocycles. The van der Waals surface area contributed by atoms with Gasteiger partial charge >= 0.3 is 0 Å². The Bertz CT molecular complexity index is 302. The van der Waals surface area contributed by atoms with Gasteiger partial charge in [0.25, 0.3) is 0 Å². The monoisotopic (exact) mass is 209 g/mol. The zero-order chi connectivity index (χ0) is 11.3. The molecule has 0 radical (unpaired) electrons. The van der Waals surface area contributed by atoms with Crippen molar-refractivity contribution in [3.63, 3.8) is 0 Å². The molecule has 1 aromatic heterocycles. The molecule has 0 saturated heterocycles. The number of nitrogens with one attached hydrogen (secondary N) is 1. The van der Waals surface area contributed by atoms with Crippen LogP contribution in [0, 0.1) is 5.92 Å². The highest BCUT2D eigenvalue weighted by Crippen LogP contribution is 2.24. The standard InChI is InChI=1S/C11H19N3O/c1-8(2)7-9(12-3)10-11(15-4)14-6-5-13-10/h5-6,8-9,12H,7H2,1-4H3. The summed E-state index contributed by atoms with van der Waals surface area (Å²) in [5, 5.41) is 3.24. The lowest BCUT2D eigenvalue weighted by molar-refractivity contribution is 0.368. The predicted molar refractivity (Wildman–Crippen MR) is 59.8 cm³/mol. The largest absolute Gasteiger partial charge is 0.480 e. The van der Waals surface area contributed by atoms with Crippen LogP contribution in [0.3, 0.4) is 0 Å². The van der Waals surface area contributed by atoms with Gasteiger partial charge in [-0.25, -0.2) is 4.98 Å². The van der Waals surface area contributed by atoms with Gasteiger partial charge in [0.05, 0.1) is 13.2 Å². The molecule has 0 saturated carbocycles. The van der Waals surface area contributed by atoms with Gasteiger partial charge in [-0.15, -0.1) is 0 Å². The van der Waals surface area contributed by atoms with Crippen molar-refractivity contribution in [1.82, 2.24) is 15.3 Å². The van der Waals surface area contributed by atoms with Crippen molar-refractivity contribution in [2.45, 2.75) is 26.3 Å². The van der Waals surface area contributed by atoms with Gasteiger partial charge in [0.2, 0.25) is 5.88 Å². The molecule has 1 rings (SSSR count). The van der Waals surface area contributed by atoms with Crippen LogP contribution >= 0.6 is 0 Å². The number of nitrogens with zero attached hydrogens (tertiary/aromatic N) is 2. The van der Waals surface area contributed by atoms with E-state index in [1.54, 1.807) is 19.5 Å². The van der Waals surface area contributed by atoms with Crippen LogP contribution in [-0.2, 0) is 0 Å². The Balaban J connectivity index is 2.90. The fraction of sp³-hybridized carbons (Fsp3) is 0.636. The Kier molecular flexibility index (Phi) is 4.49. The molecule has 15 heavy (non-hydrogen) atoms. The van der Waals surface area contributed by atoms with Crippen molar-refractivity contribution in [2.24, 2.45) is 5.92 Å². The lowest BCUT2D eigenvalue weighted by Crippen LogP contribution is -2.20. The highest BCUT2D eigenvalue weighted by molar-refractivity contribution is 5.21. The number of ether oxygens (including phenoxy) is 1. The molecule has 4 nitrogen and oxygen atoms in total. The maximum Gasteiger partial charge on any atom is 0.236 e. The summed E-state index contributed by atoms with van der Waals surface area (Å²) in [6.45, 7) is 4.38. The molecule has 0 amide bonds. The first-order chi connectivity index (χ1) is 7.19. The van der Waals surface area contributed by atoms with E-state index in [1.807, 2.05) is 7.05 Å². The number of methoxy groups -OCH3 is 1. The van der Waals surface area contributed by atoms with Crippen LogP contribution in [-0.4, -0.2) is 24.1 Å². The van der Waals surface area contributed by atoms with Crippen molar-refractivity contribution in [3.05, 3.63) is 18.1 Å². The summed E-state index contributed by atoms with van der Waals surface area (Å²) < 4.78 is 5.20. The molecule has 1 atom stereocenters. The summed E-state index contributed by atoms with van der Waals surface area (Å²) in [6.07, 6.45) is 4.36. The zero-order valence-corrected chi connectivity index (χ0v) is 9.82. The molecule has 1 N–H and O–H groups in total. The van der Waals surface area contributed by atoms with Crippen molar-refractivity contribution in [1.29, 1.82) is 0 Å². The zero-order valence-electron chi connectivity index (χ0n) is 9.82. The molecule has 0 aliphatic heterocycles. The minimum absolute atomic E-state index is 0.202. The number of rotatable bonds is 5. The first-order valence-electron chi connectivity index (χ1n) is 5.21. The molecule has 0 aromatic carbocycles. The van der Waals surface area contributed by atoms with E-state index in [1.165, 1.54) is 0 Å².